The average molecular weight is 202 g/mol. The first-order valence-corrected chi connectivity index (χ1v) is 5.70. The number of carbonyl (C=O) groups is 1. The molecule has 0 aliphatic heterocycles. The number of nitrogens with zero attached hydrogens (tertiary/aromatic N) is 1. The normalized spacial score (nSPS) is 9.83. The Morgan fingerprint density at radius 1 is 1.83 bits per heavy atom. The molecule has 1 rings (SSSR count). The first-order valence-electron chi connectivity index (χ1n) is 3.43. The molecule has 1 heterocycles. The summed E-state index contributed by atoms with van der Waals surface area (Å²) in [7, 11) is 0. The minimum absolute atomic E-state index is 0.0694. The number of hydrogen-bond donors (Lipinski definition) is 1. The second-order valence-corrected chi connectivity index (χ2v) is 3.98. The second kappa shape index (κ2) is 4.47. The fourth-order valence-electron chi connectivity index (χ4n) is 0.729. The fraction of sp³-hybridized carbons (Fsp3) is 0.429. The van der Waals surface area contributed by atoms with Crippen molar-refractivity contribution >= 4 is 34.1 Å². The van der Waals surface area contributed by atoms with Gasteiger partial charge in [0.2, 0.25) is 5.91 Å². The van der Waals surface area contributed by atoms with Crippen LogP contribution in [0.25, 0.3) is 0 Å². The van der Waals surface area contributed by atoms with Gasteiger partial charge in [-0.15, -0.1) is 11.3 Å². The number of nitrogens with one attached hydrogen (secondary N) is 1. The van der Waals surface area contributed by atoms with E-state index < -0.39 is 0 Å². The van der Waals surface area contributed by atoms with E-state index in [4.69, 9.17) is 0 Å². The van der Waals surface area contributed by atoms with Crippen LogP contribution < -0.4 is 5.32 Å². The molecule has 0 fully saturated rings. The van der Waals surface area contributed by atoms with E-state index in [1.165, 1.54) is 18.3 Å². The number of hydrogen-bond acceptors (Lipinski definition) is 4. The summed E-state index contributed by atoms with van der Waals surface area (Å²) in [5.41, 5.74) is 1.02. The molecule has 0 saturated heterocycles. The van der Waals surface area contributed by atoms with Crippen molar-refractivity contribution in [1.82, 2.24) is 4.98 Å². The van der Waals surface area contributed by atoms with Crippen molar-refractivity contribution in [1.29, 1.82) is 0 Å². The van der Waals surface area contributed by atoms with E-state index in [1.54, 1.807) is 11.8 Å². The molecule has 0 atom stereocenters. The maximum Gasteiger partial charge on any atom is 0.223 e. The molecule has 0 bridgehead atoms. The van der Waals surface area contributed by atoms with Crippen LogP contribution in [-0.2, 0) is 10.5 Å². The van der Waals surface area contributed by atoms with E-state index in [0.29, 0.717) is 5.13 Å². The highest BCUT2D eigenvalue weighted by atomic mass is 32.2. The topological polar surface area (TPSA) is 42.0 Å². The van der Waals surface area contributed by atoms with E-state index in [9.17, 15) is 4.79 Å². The lowest BCUT2D eigenvalue weighted by molar-refractivity contribution is -0.114. The van der Waals surface area contributed by atoms with Crippen molar-refractivity contribution in [3.63, 3.8) is 0 Å². The number of thioether (sulfide) groups is 1. The quantitative estimate of drug-likeness (QED) is 0.814. The van der Waals surface area contributed by atoms with Gasteiger partial charge < -0.3 is 5.32 Å². The summed E-state index contributed by atoms with van der Waals surface area (Å²) in [6.45, 7) is 1.48. The van der Waals surface area contributed by atoms with Crippen LogP contribution in [-0.4, -0.2) is 17.1 Å². The van der Waals surface area contributed by atoms with E-state index in [-0.39, 0.29) is 5.91 Å². The third kappa shape index (κ3) is 2.83. The Hall–Kier alpha value is -0.550. The predicted octanol–water partition coefficient (Wildman–Crippen LogP) is 1.96. The van der Waals surface area contributed by atoms with Crippen molar-refractivity contribution in [2.45, 2.75) is 12.7 Å². The van der Waals surface area contributed by atoms with Crippen molar-refractivity contribution < 1.29 is 4.79 Å². The van der Waals surface area contributed by atoms with Crippen molar-refractivity contribution in [3.8, 4) is 0 Å². The molecule has 3 nitrogen and oxygen atoms in total. The summed E-state index contributed by atoms with van der Waals surface area (Å²) in [4.78, 5) is 14.8. The molecule has 66 valence electrons. The molecule has 1 aromatic rings. The molecule has 0 aromatic carbocycles. The summed E-state index contributed by atoms with van der Waals surface area (Å²) >= 11 is 3.18. The molecule has 0 spiro atoms. The summed E-state index contributed by atoms with van der Waals surface area (Å²) in [6, 6.07) is 0. The van der Waals surface area contributed by atoms with E-state index in [2.05, 4.69) is 10.3 Å². The average Bonchev–Trinajstić information content (AvgIpc) is 2.36. The van der Waals surface area contributed by atoms with Gasteiger partial charge in [0.15, 0.2) is 5.13 Å². The van der Waals surface area contributed by atoms with Gasteiger partial charge in [0.1, 0.15) is 0 Å². The Morgan fingerprint density at radius 2 is 2.58 bits per heavy atom. The van der Waals surface area contributed by atoms with Crippen LogP contribution in [0.3, 0.4) is 0 Å². The SMILES string of the molecule is CSCc1csc(NC(C)=O)n1. The zero-order valence-electron chi connectivity index (χ0n) is 6.96. The maximum absolute atomic E-state index is 10.6. The van der Waals surface area contributed by atoms with Crippen LogP contribution in [0.2, 0.25) is 0 Å². The first-order chi connectivity index (χ1) is 5.72. The first kappa shape index (κ1) is 9.54. The van der Waals surface area contributed by atoms with Gasteiger partial charge in [0, 0.05) is 18.1 Å². The lowest BCUT2D eigenvalue weighted by atomic mass is 10.6. The zero-order valence-corrected chi connectivity index (χ0v) is 8.59. The number of aromatic nitrogens is 1. The third-order valence-electron chi connectivity index (χ3n) is 1.13. The van der Waals surface area contributed by atoms with E-state index in [1.807, 2.05) is 11.6 Å². The fourth-order valence-corrected chi connectivity index (χ4v) is 2.03. The van der Waals surface area contributed by atoms with Gasteiger partial charge in [-0.3, -0.25) is 4.79 Å². The molecule has 5 heteroatoms. The van der Waals surface area contributed by atoms with Gasteiger partial charge in [0.25, 0.3) is 0 Å². The van der Waals surface area contributed by atoms with Gasteiger partial charge in [-0.2, -0.15) is 11.8 Å². The number of carbonyl (C=O) groups excluding carboxylic acids is 1. The summed E-state index contributed by atoms with van der Waals surface area (Å²) < 4.78 is 0. The minimum atomic E-state index is -0.0694. The molecule has 1 N–H and O–H groups in total. The van der Waals surface area contributed by atoms with E-state index >= 15 is 0 Å². The molecule has 0 saturated carbocycles. The molecule has 0 aliphatic rings. The van der Waals surface area contributed by atoms with Gasteiger partial charge in [-0.1, -0.05) is 0 Å². The van der Waals surface area contributed by atoms with Crippen molar-refractivity contribution in [2.75, 3.05) is 11.6 Å². The molecular formula is C7H10N2OS2. The highest BCUT2D eigenvalue weighted by Crippen LogP contribution is 2.17. The second-order valence-electron chi connectivity index (χ2n) is 2.26. The minimum Gasteiger partial charge on any atom is -0.302 e. The highest BCUT2D eigenvalue weighted by Gasteiger charge is 2.01. The molecule has 12 heavy (non-hydrogen) atoms. The number of anilines is 1. The molecular weight excluding hydrogens is 192 g/mol. The summed E-state index contributed by atoms with van der Waals surface area (Å²) in [6.07, 6.45) is 2.03. The molecule has 0 radical (unpaired) electrons. The van der Waals surface area contributed by atoms with Crippen LogP contribution in [0.1, 0.15) is 12.6 Å². The maximum atomic E-state index is 10.6. The largest absolute Gasteiger partial charge is 0.302 e. The molecule has 1 aromatic heterocycles. The van der Waals surface area contributed by atoms with Crippen LogP contribution in [0.4, 0.5) is 5.13 Å². The molecule has 1 amide bonds. The monoisotopic (exact) mass is 202 g/mol. The van der Waals surface area contributed by atoms with Crippen molar-refractivity contribution in [3.05, 3.63) is 11.1 Å². The van der Waals surface area contributed by atoms with Crippen LogP contribution in [0.15, 0.2) is 5.38 Å². The third-order valence-corrected chi connectivity index (χ3v) is 2.52. The van der Waals surface area contributed by atoms with Gasteiger partial charge in [-0.05, 0) is 6.26 Å². The van der Waals surface area contributed by atoms with Gasteiger partial charge in [0.05, 0.1) is 5.69 Å². The molecule has 0 aliphatic carbocycles. The standard InChI is InChI=1S/C7H10N2OS2/c1-5(10)8-7-9-6(3-11-2)4-12-7/h4H,3H2,1-2H3,(H,8,9,10). The Morgan fingerprint density at radius 3 is 3.17 bits per heavy atom. The molecule has 0 unspecified atom stereocenters. The van der Waals surface area contributed by atoms with Crippen molar-refractivity contribution in [2.24, 2.45) is 0 Å². The number of amides is 1. The zero-order chi connectivity index (χ0) is 8.97. The van der Waals surface area contributed by atoms with Gasteiger partial charge >= 0.3 is 0 Å². The predicted molar refractivity (Wildman–Crippen MR) is 53.6 cm³/mol. The number of rotatable bonds is 3. The Bertz CT molecular complexity index is 272. The van der Waals surface area contributed by atoms with Crippen LogP contribution in [0.5, 0.6) is 0 Å². The van der Waals surface area contributed by atoms with Gasteiger partial charge in [-0.25, -0.2) is 4.98 Å². The summed E-state index contributed by atoms with van der Waals surface area (Å²) in [5.74, 6) is 0.829. The Balaban J connectivity index is 2.58. The lowest BCUT2D eigenvalue weighted by Gasteiger charge is -1.93. The lowest BCUT2D eigenvalue weighted by Crippen LogP contribution is -2.05. The van der Waals surface area contributed by atoms with E-state index in [0.717, 1.165) is 11.4 Å². The highest BCUT2D eigenvalue weighted by molar-refractivity contribution is 7.97. The van der Waals surface area contributed by atoms with Crippen LogP contribution in [0, 0.1) is 0 Å². The van der Waals surface area contributed by atoms with Crippen LogP contribution >= 0.6 is 23.1 Å². The Labute approximate surface area is 79.6 Å². The smallest absolute Gasteiger partial charge is 0.223 e. The summed E-state index contributed by atoms with van der Waals surface area (Å²) in [5, 5.41) is 5.29. The number of thiazole rings is 1. The Kier molecular flexibility index (Phi) is 3.55.